The number of rotatable bonds is 4. The van der Waals surface area contributed by atoms with Gasteiger partial charge in [0.1, 0.15) is 6.04 Å². The van der Waals surface area contributed by atoms with Crippen LogP contribution in [0.5, 0.6) is 0 Å². The lowest BCUT2D eigenvalue weighted by molar-refractivity contribution is -0.132. The Labute approximate surface area is 213 Å². The summed E-state index contributed by atoms with van der Waals surface area (Å²) in [5.41, 5.74) is 6.57. The maximum absolute atomic E-state index is 13.6. The molecule has 0 aliphatic carbocycles. The minimum absolute atomic E-state index is 0.135. The molecule has 6 rings (SSSR count). The number of hydrazone groups is 1. The molecule has 1 amide bonds. The normalized spacial score (nSPS) is 15.4. The lowest BCUT2D eigenvalue weighted by Gasteiger charge is -2.20. The Bertz CT molecular complexity index is 1760. The van der Waals surface area contributed by atoms with E-state index in [9.17, 15) is 9.59 Å². The number of hydrogen-bond donors (Lipinski definition) is 1. The van der Waals surface area contributed by atoms with Crippen molar-refractivity contribution in [3.63, 3.8) is 0 Å². The van der Waals surface area contributed by atoms with Gasteiger partial charge in [0.25, 0.3) is 5.56 Å². The number of carbonyl (C=O) groups excluding carboxylic acids is 1. The summed E-state index contributed by atoms with van der Waals surface area (Å²) in [6.07, 6.45) is 2.35. The molecule has 0 saturated heterocycles. The highest BCUT2D eigenvalue weighted by molar-refractivity contribution is 6.13. The van der Waals surface area contributed by atoms with Crippen LogP contribution in [0.1, 0.15) is 42.6 Å². The van der Waals surface area contributed by atoms with E-state index in [1.54, 1.807) is 13.1 Å². The van der Waals surface area contributed by atoms with Crippen LogP contribution >= 0.6 is 0 Å². The summed E-state index contributed by atoms with van der Waals surface area (Å²) in [5.74, 6) is -0.135. The summed E-state index contributed by atoms with van der Waals surface area (Å²) in [6.45, 7) is 3.84. The van der Waals surface area contributed by atoms with Crippen LogP contribution in [0.25, 0.3) is 33.1 Å². The van der Waals surface area contributed by atoms with Crippen molar-refractivity contribution in [3.8, 4) is 11.1 Å². The Balaban J connectivity index is 1.55. The number of aromatic amines is 1. The van der Waals surface area contributed by atoms with Gasteiger partial charge in [-0.25, -0.2) is 9.99 Å². The third-order valence-electron chi connectivity index (χ3n) is 6.80. The van der Waals surface area contributed by atoms with Gasteiger partial charge in [0.05, 0.1) is 34.2 Å². The average Bonchev–Trinajstić information content (AvgIpc) is 3.37. The number of H-pyrrole nitrogens is 1. The van der Waals surface area contributed by atoms with Crippen LogP contribution in [0.2, 0.25) is 0 Å². The Kier molecular flexibility index (Phi) is 5.60. The molecule has 3 heterocycles. The fourth-order valence-corrected chi connectivity index (χ4v) is 5.00. The summed E-state index contributed by atoms with van der Waals surface area (Å²) in [7, 11) is 0. The van der Waals surface area contributed by atoms with Crippen molar-refractivity contribution in [2.24, 2.45) is 5.10 Å². The molecule has 1 atom stereocenters. The van der Waals surface area contributed by atoms with Crippen molar-refractivity contribution in [1.82, 2.24) is 20.0 Å². The number of fused-ring (bicyclic) bond motifs is 2. The Morgan fingerprint density at radius 3 is 2.54 bits per heavy atom. The van der Waals surface area contributed by atoms with Gasteiger partial charge in [0.2, 0.25) is 5.91 Å². The highest BCUT2D eigenvalue weighted by atomic mass is 16.2. The third kappa shape index (κ3) is 3.98. The number of nitrogens with zero attached hydrogens (tertiary/aromatic N) is 4. The van der Waals surface area contributed by atoms with Crippen LogP contribution in [0.4, 0.5) is 0 Å². The molecule has 182 valence electrons. The van der Waals surface area contributed by atoms with E-state index >= 15 is 0 Å². The fourth-order valence-electron chi connectivity index (χ4n) is 5.00. The van der Waals surface area contributed by atoms with E-state index in [0.29, 0.717) is 23.4 Å². The minimum atomic E-state index is -0.448. The van der Waals surface area contributed by atoms with Crippen LogP contribution in [0.15, 0.2) is 88.9 Å². The van der Waals surface area contributed by atoms with E-state index < -0.39 is 6.04 Å². The lowest BCUT2D eigenvalue weighted by atomic mass is 9.91. The van der Waals surface area contributed by atoms with Crippen molar-refractivity contribution in [1.29, 1.82) is 0 Å². The molecule has 0 unspecified atom stereocenters. The van der Waals surface area contributed by atoms with E-state index in [0.717, 1.165) is 38.6 Å². The van der Waals surface area contributed by atoms with E-state index in [2.05, 4.69) is 16.0 Å². The minimum Gasteiger partial charge on any atom is -0.321 e. The van der Waals surface area contributed by atoms with Gasteiger partial charge in [0.15, 0.2) is 0 Å². The molecule has 5 aromatic rings. The molecule has 7 heteroatoms. The van der Waals surface area contributed by atoms with Gasteiger partial charge in [-0.15, -0.1) is 0 Å². The van der Waals surface area contributed by atoms with Crippen molar-refractivity contribution in [2.45, 2.75) is 32.7 Å². The van der Waals surface area contributed by atoms with Crippen LogP contribution in [-0.2, 0) is 4.79 Å². The molecular weight excluding hydrogens is 462 g/mol. The van der Waals surface area contributed by atoms with Crippen molar-refractivity contribution in [3.05, 3.63) is 106 Å². The molecule has 0 saturated carbocycles. The Hall–Kier alpha value is -4.65. The molecular formula is C30H25N5O2. The smallest absolute Gasteiger partial charge is 0.258 e. The largest absolute Gasteiger partial charge is 0.321 e. The van der Waals surface area contributed by atoms with E-state index in [-0.39, 0.29) is 17.9 Å². The second-order valence-corrected chi connectivity index (χ2v) is 9.26. The molecule has 1 aliphatic heterocycles. The molecule has 0 radical (unpaired) electrons. The maximum atomic E-state index is 13.6. The molecule has 7 nitrogen and oxygen atoms in total. The highest BCUT2D eigenvalue weighted by Crippen LogP contribution is 2.37. The SMILES string of the molecule is CCC(=O)N1N=C(c2c(-c3ccccc3)c3cc(C)ccc3[nH]c2=O)C[C@@H]1c1cnc2ccccc2n1. The van der Waals surface area contributed by atoms with Gasteiger partial charge >= 0.3 is 0 Å². The second-order valence-electron chi connectivity index (χ2n) is 9.26. The Morgan fingerprint density at radius 2 is 1.76 bits per heavy atom. The van der Waals surface area contributed by atoms with E-state index in [1.807, 2.05) is 73.7 Å². The molecule has 0 bridgehead atoms. The number of nitrogens with one attached hydrogen (secondary N) is 1. The van der Waals surface area contributed by atoms with Gasteiger partial charge < -0.3 is 4.98 Å². The van der Waals surface area contributed by atoms with Crippen LogP contribution < -0.4 is 5.56 Å². The molecule has 0 spiro atoms. The third-order valence-corrected chi connectivity index (χ3v) is 6.80. The zero-order valence-corrected chi connectivity index (χ0v) is 20.6. The Morgan fingerprint density at radius 1 is 1.00 bits per heavy atom. The topological polar surface area (TPSA) is 91.3 Å². The number of carbonyl (C=O) groups is 1. The zero-order chi connectivity index (χ0) is 25.5. The molecule has 37 heavy (non-hydrogen) atoms. The summed E-state index contributed by atoms with van der Waals surface area (Å²) in [4.78, 5) is 39.0. The van der Waals surface area contributed by atoms with Gasteiger partial charge in [0, 0.05) is 29.3 Å². The quantitative estimate of drug-likeness (QED) is 0.361. The number of para-hydroxylation sites is 2. The molecule has 3 aromatic carbocycles. The van der Waals surface area contributed by atoms with Gasteiger partial charge in [-0.05, 0) is 36.8 Å². The predicted molar refractivity (Wildman–Crippen MR) is 145 cm³/mol. The van der Waals surface area contributed by atoms with Crippen LogP contribution in [0, 0.1) is 6.92 Å². The van der Waals surface area contributed by atoms with Gasteiger partial charge in [-0.1, -0.05) is 61.0 Å². The average molecular weight is 488 g/mol. The second kappa shape index (κ2) is 9.09. The molecule has 2 aromatic heterocycles. The van der Waals surface area contributed by atoms with Crippen molar-refractivity contribution in [2.75, 3.05) is 0 Å². The number of hydrogen-bond acceptors (Lipinski definition) is 5. The standard InChI is InChI=1S/C30H25N5O2/c1-3-27(36)35-26(25-17-31-22-11-7-8-12-23(22)32-25)16-24(34-35)29-28(19-9-5-4-6-10-19)20-15-18(2)13-14-21(20)33-30(29)37/h4-15,17,26H,3,16H2,1-2H3,(H,33,37)/t26-/m1/s1. The number of benzene rings is 3. The first kappa shape index (κ1) is 22.8. The fraction of sp³-hybridized carbons (Fsp3) is 0.167. The molecule has 1 N–H and O–H groups in total. The number of amides is 1. The summed E-state index contributed by atoms with van der Waals surface area (Å²) >= 11 is 0. The van der Waals surface area contributed by atoms with E-state index in [4.69, 9.17) is 10.1 Å². The first-order chi connectivity index (χ1) is 18.0. The highest BCUT2D eigenvalue weighted by Gasteiger charge is 2.36. The molecule has 1 aliphatic rings. The summed E-state index contributed by atoms with van der Waals surface area (Å²) in [5, 5.41) is 7.17. The van der Waals surface area contributed by atoms with Crippen LogP contribution in [0.3, 0.4) is 0 Å². The molecule has 0 fully saturated rings. The maximum Gasteiger partial charge on any atom is 0.258 e. The van der Waals surface area contributed by atoms with Crippen LogP contribution in [-0.4, -0.2) is 31.6 Å². The summed E-state index contributed by atoms with van der Waals surface area (Å²) < 4.78 is 0. The van der Waals surface area contributed by atoms with E-state index in [1.165, 1.54) is 5.01 Å². The van der Waals surface area contributed by atoms with Gasteiger partial charge in [-0.3, -0.25) is 14.6 Å². The van der Waals surface area contributed by atoms with Crippen molar-refractivity contribution >= 4 is 33.6 Å². The predicted octanol–water partition coefficient (Wildman–Crippen LogP) is 5.53. The lowest BCUT2D eigenvalue weighted by Crippen LogP contribution is -2.26. The monoisotopic (exact) mass is 487 g/mol. The zero-order valence-electron chi connectivity index (χ0n) is 20.6. The first-order valence-electron chi connectivity index (χ1n) is 12.4. The number of pyridine rings is 1. The first-order valence-corrected chi connectivity index (χ1v) is 12.4. The number of aryl methyl sites for hydroxylation is 1. The summed E-state index contributed by atoms with van der Waals surface area (Å²) in [6, 6.07) is 23.0. The number of aromatic nitrogens is 3. The van der Waals surface area contributed by atoms with Crippen molar-refractivity contribution < 1.29 is 4.79 Å². The van der Waals surface area contributed by atoms with Gasteiger partial charge in [-0.2, -0.15) is 5.10 Å².